The Hall–Kier alpha value is -1.79. The van der Waals surface area contributed by atoms with Crippen molar-refractivity contribution in [2.24, 2.45) is 0 Å². The van der Waals surface area contributed by atoms with Gasteiger partial charge in [0.2, 0.25) is 5.91 Å². The molecule has 0 radical (unpaired) electrons. The minimum atomic E-state index is -0.00293. The van der Waals surface area contributed by atoms with E-state index in [1.54, 1.807) is 0 Å². The van der Waals surface area contributed by atoms with Gasteiger partial charge in [-0.15, -0.1) is 0 Å². The summed E-state index contributed by atoms with van der Waals surface area (Å²) < 4.78 is 4.86. The van der Waals surface area contributed by atoms with Crippen LogP contribution >= 0.6 is 0 Å². The minimum absolute atomic E-state index is 0.00293. The standard InChI is InChI=1S/C8H15N5O2/c1-2-4-10-6(14)3-5-11-8-13-12-7(9)15-8/h2-5H2,1H3,(H2,9,12)(H,10,14)(H,11,13). The summed E-state index contributed by atoms with van der Waals surface area (Å²) in [7, 11) is 0. The number of nitrogen functional groups attached to an aromatic ring is 1. The molecule has 84 valence electrons. The van der Waals surface area contributed by atoms with Crippen LogP contribution in [0.25, 0.3) is 0 Å². The van der Waals surface area contributed by atoms with E-state index in [4.69, 9.17) is 10.2 Å². The third-order valence-corrected chi connectivity index (χ3v) is 1.64. The summed E-state index contributed by atoms with van der Waals surface area (Å²) in [6, 6.07) is 0.240. The second-order valence-corrected chi connectivity index (χ2v) is 2.97. The van der Waals surface area contributed by atoms with E-state index >= 15 is 0 Å². The summed E-state index contributed by atoms with van der Waals surface area (Å²) in [6.07, 6.45) is 1.29. The first kappa shape index (κ1) is 11.3. The lowest BCUT2D eigenvalue weighted by Crippen LogP contribution is -2.25. The average molecular weight is 213 g/mol. The predicted molar refractivity (Wildman–Crippen MR) is 55.1 cm³/mol. The van der Waals surface area contributed by atoms with Gasteiger partial charge in [-0.05, 0) is 6.42 Å². The molecular formula is C8H15N5O2. The predicted octanol–water partition coefficient (Wildman–Crippen LogP) is -0.0200. The highest BCUT2D eigenvalue weighted by Crippen LogP contribution is 2.05. The minimum Gasteiger partial charge on any atom is -0.390 e. The fourth-order valence-corrected chi connectivity index (χ4v) is 0.942. The zero-order valence-electron chi connectivity index (χ0n) is 8.62. The number of carbonyl (C=O) groups excluding carboxylic acids is 1. The molecule has 0 spiro atoms. The van der Waals surface area contributed by atoms with Gasteiger partial charge in [0.25, 0.3) is 0 Å². The SMILES string of the molecule is CCCNC(=O)CCNc1nnc(N)o1. The Bertz CT molecular complexity index is 312. The van der Waals surface area contributed by atoms with E-state index in [1.807, 2.05) is 6.92 Å². The molecule has 0 aromatic carbocycles. The van der Waals surface area contributed by atoms with Gasteiger partial charge < -0.3 is 20.8 Å². The Balaban J connectivity index is 2.13. The van der Waals surface area contributed by atoms with E-state index in [2.05, 4.69) is 20.8 Å². The van der Waals surface area contributed by atoms with Crippen LogP contribution in [-0.2, 0) is 4.79 Å². The summed E-state index contributed by atoms with van der Waals surface area (Å²) in [6.45, 7) is 3.14. The van der Waals surface area contributed by atoms with E-state index in [-0.39, 0.29) is 17.9 Å². The molecule has 4 N–H and O–H groups in total. The molecule has 0 unspecified atom stereocenters. The first-order valence-corrected chi connectivity index (χ1v) is 4.82. The van der Waals surface area contributed by atoms with Crippen LogP contribution in [0.4, 0.5) is 12.0 Å². The number of nitrogens with zero attached hydrogens (tertiary/aromatic N) is 2. The van der Waals surface area contributed by atoms with Crippen molar-refractivity contribution in [1.82, 2.24) is 15.5 Å². The lowest BCUT2D eigenvalue weighted by molar-refractivity contribution is -0.120. The number of aromatic nitrogens is 2. The molecule has 1 aromatic heterocycles. The Morgan fingerprint density at radius 2 is 2.27 bits per heavy atom. The normalized spacial score (nSPS) is 9.93. The number of anilines is 2. The van der Waals surface area contributed by atoms with Crippen molar-refractivity contribution in [3.63, 3.8) is 0 Å². The molecule has 0 aliphatic heterocycles. The highest BCUT2D eigenvalue weighted by Gasteiger charge is 2.03. The largest absolute Gasteiger partial charge is 0.390 e. The molecule has 0 saturated heterocycles. The van der Waals surface area contributed by atoms with E-state index in [0.29, 0.717) is 19.5 Å². The van der Waals surface area contributed by atoms with Gasteiger partial charge in [-0.3, -0.25) is 4.79 Å². The Morgan fingerprint density at radius 1 is 1.47 bits per heavy atom. The van der Waals surface area contributed by atoms with Crippen LogP contribution in [0.3, 0.4) is 0 Å². The second kappa shape index (κ2) is 5.84. The smallest absolute Gasteiger partial charge is 0.316 e. The van der Waals surface area contributed by atoms with Crippen molar-refractivity contribution >= 4 is 17.9 Å². The molecule has 15 heavy (non-hydrogen) atoms. The van der Waals surface area contributed by atoms with Crippen LogP contribution in [0.15, 0.2) is 4.42 Å². The van der Waals surface area contributed by atoms with Crippen LogP contribution in [0, 0.1) is 0 Å². The molecule has 0 saturated carbocycles. The molecular weight excluding hydrogens is 198 g/mol. The van der Waals surface area contributed by atoms with Crippen LogP contribution in [0.2, 0.25) is 0 Å². The molecule has 7 nitrogen and oxygen atoms in total. The lowest BCUT2D eigenvalue weighted by atomic mass is 10.4. The van der Waals surface area contributed by atoms with Crippen LogP contribution in [0.5, 0.6) is 0 Å². The van der Waals surface area contributed by atoms with E-state index in [9.17, 15) is 4.79 Å². The molecule has 1 rings (SSSR count). The topological polar surface area (TPSA) is 106 Å². The van der Waals surface area contributed by atoms with E-state index < -0.39 is 0 Å². The van der Waals surface area contributed by atoms with Crippen LogP contribution < -0.4 is 16.4 Å². The van der Waals surface area contributed by atoms with Gasteiger partial charge in [0.1, 0.15) is 0 Å². The Kier molecular flexibility index (Phi) is 4.39. The molecule has 0 aliphatic carbocycles. The first-order chi connectivity index (χ1) is 7.22. The molecule has 1 heterocycles. The van der Waals surface area contributed by atoms with Gasteiger partial charge in [-0.2, -0.15) is 0 Å². The van der Waals surface area contributed by atoms with Crippen molar-refractivity contribution in [3.05, 3.63) is 0 Å². The van der Waals surface area contributed by atoms with Gasteiger partial charge in [-0.25, -0.2) is 0 Å². The fraction of sp³-hybridized carbons (Fsp3) is 0.625. The molecule has 1 aromatic rings. The lowest BCUT2D eigenvalue weighted by Gasteiger charge is -2.02. The molecule has 7 heteroatoms. The van der Waals surface area contributed by atoms with Crippen molar-refractivity contribution in [1.29, 1.82) is 0 Å². The summed E-state index contributed by atoms with van der Waals surface area (Å²) in [5, 5.41) is 12.6. The number of hydrogen-bond acceptors (Lipinski definition) is 6. The number of nitrogens with two attached hydrogens (primary N) is 1. The van der Waals surface area contributed by atoms with E-state index in [0.717, 1.165) is 6.42 Å². The maximum absolute atomic E-state index is 11.2. The number of nitrogens with one attached hydrogen (secondary N) is 2. The monoisotopic (exact) mass is 213 g/mol. The Labute approximate surface area is 87.4 Å². The Morgan fingerprint density at radius 3 is 2.87 bits per heavy atom. The summed E-state index contributed by atoms with van der Waals surface area (Å²) >= 11 is 0. The second-order valence-electron chi connectivity index (χ2n) is 2.97. The van der Waals surface area contributed by atoms with Gasteiger partial charge in [0.05, 0.1) is 0 Å². The zero-order chi connectivity index (χ0) is 11.1. The van der Waals surface area contributed by atoms with Crippen molar-refractivity contribution in [2.75, 3.05) is 24.1 Å². The zero-order valence-corrected chi connectivity index (χ0v) is 8.62. The summed E-state index contributed by atoms with van der Waals surface area (Å²) in [5.74, 6) is -0.00293. The summed E-state index contributed by atoms with van der Waals surface area (Å²) in [4.78, 5) is 11.2. The molecule has 0 fully saturated rings. The summed E-state index contributed by atoms with van der Waals surface area (Å²) in [5.41, 5.74) is 5.22. The van der Waals surface area contributed by atoms with E-state index in [1.165, 1.54) is 0 Å². The maximum atomic E-state index is 11.2. The highest BCUT2D eigenvalue weighted by atomic mass is 16.4. The van der Waals surface area contributed by atoms with Crippen molar-refractivity contribution in [2.45, 2.75) is 19.8 Å². The molecule has 0 aliphatic rings. The number of carbonyl (C=O) groups is 1. The van der Waals surface area contributed by atoms with Gasteiger partial charge in [0.15, 0.2) is 0 Å². The average Bonchev–Trinajstić information content (AvgIpc) is 2.61. The maximum Gasteiger partial charge on any atom is 0.316 e. The van der Waals surface area contributed by atoms with Gasteiger partial charge in [0, 0.05) is 19.5 Å². The number of amides is 1. The molecule has 1 amide bonds. The van der Waals surface area contributed by atoms with Crippen LogP contribution in [-0.4, -0.2) is 29.2 Å². The van der Waals surface area contributed by atoms with Crippen molar-refractivity contribution < 1.29 is 9.21 Å². The number of hydrogen-bond donors (Lipinski definition) is 3. The fourth-order valence-electron chi connectivity index (χ4n) is 0.942. The van der Waals surface area contributed by atoms with Gasteiger partial charge in [-0.1, -0.05) is 17.1 Å². The number of rotatable bonds is 6. The van der Waals surface area contributed by atoms with Crippen molar-refractivity contribution in [3.8, 4) is 0 Å². The molecule has 0 atom stereocenters. The highest BCUT2D eigenvalue weighted by molar-refractivity contribution is 5.76. The third-order valence-electron chi connectivity index (χ3n) is 1.64. The van der Waals surface area contributed by atoms with Crippen LogP contribution in [0.1, 0.15) is 19.8 Å². The first-order valence-electron chi connectivity index (χ1n) is 4.82. The third kappa shape index (κ3) is 4.30. The molecule has 0 bridgehead atoms. The quantitative estimate of drug-likeness (QED) is 0.613. The van der Waals surface area contributed by atoms with Gasteiger partial charge >= 0.3 is 12.0 Å².